The van der Waals surface area contributed by atoms with Crippen molar-refractivity contribution in [1.82, 2.24) is 0 Å². The van der Waals surface area contributed by atoms with E-state index in [4.69, 9.17) is 5.14 Å². The molecule has 0 unspecified atom stereocenters. The third-order valence-electron chi connectivity index (χ3n) is 1.71. The maximum atomic E-state index is 13.2. The van der Waals surface area contributed by atoms with E-state index in [0.29, 0.717) is 6.29 Å². The molecule has 0 heterocycles. The highest BCUT2D eigenvalue weighted by atomic mass is 32.2. The Morgan fingerprint density at radius 1 is 1.47 bits per heavy atom. The Balaban J connectivity index is 3.68. The molecule has 2 N–H and O–H groups in total. The fourth-order valence-electron chi connectivity index (χ4n) is 1.12. The third-order valence-corrected chi connectivity index (χ3v) is 2.66. The van der Waals surface area contributed by atoms with Crippen LogP contribution >= 0.6 is 0 Å². The van der Waals surface area contributed by atoms with Gasteiger partial charge in [-0.25, -0.2) is 17.9 Å². The van der Waals surface area contributed by atoms with E-state index in [0.717, 1.165) is 19.2 Å². The number of benzene rings is 1. The number of sulfonamides is 1. The van der Waals surface area contributed by atoms with Gasteiger partial charge in [0.25, 0.3) is 0 Å². The fraction of sp³-hybridized carbons (Fsp3) is 0.125. The molecule has 1 aromatic carbocycles. The van der Waals surface area contributed by atoms with Gasteiger partial charge in [-0.2, -0.15) is 0 Å². The highest BCUT2D eigenvalue weighted by Gasteiger charge is 2.23. The van der Waals surface area contributed by atoms with Crippen molar-refractivity contribution in [2.45, 2.75) is 4.90 Å². The number of ether oxygens (including phenoxy) is 1. The zero-order valence-corrected chi connectivity index (χ0v) is 8.55. The van der Waals surface area contributed by atoms with Gasteiger partial charge in [0, 0.05) is 0 Å². The first-order chi connectivity index (χ1) is 6.91. The van der Waals surface area contributed by atoms with Crippen molar-refractivity contribution in [3.8, 4) is 5.75 Å². The van der Waals surface area contributed by atoms with Crippen molar-refractivity contribution in [2.75, 3.05) is 7.11 Å². The second-order valence-corrected chi connectivity index (χ2v) is 4.16. The molecule has 0 atom stereocenters. The first kappa shape index (κ1) is 11.6. The highest BCUT2D eigenvalue weighted by Crippen LogP contribution is 2.28. The summed E-state index contributed by atoms with van der Waals surface area (Å²) in [6, 6.07) is 1.95. The summed E-state index contributed by atoms with van der Waals surface area (Å²) in [7, 11) is -3.15. The highest BCUT2D eigenvalue weighted by molar-refractivity contribution is 7.89. The number of aldehydes is 1. The number of methoxy groups -OCH3 is 1. The lowest BCUT2D eigenvalue weighted by molar-refractivity contribution is 0.112. The van der Waals surface area contributed by atoms with Gasteiger partial charge in [-0.1, -0.05) is 0 Å². The second-order valence-electron chi connectivity index (χ2n) is 2.66. The number of carbonyl (C=O) groups is 1. The van der Waals surface area contributed by atoms with Gasteiger partial charge in [0.05, 0.1) is 12.7 Å². The summed E-state index contributed by atoms with van der Waals surface area (Å²) >= 11 is 0. The van der Waals surface area contributed by atoms with Crippen LogP contribution in [0.15, 0.2) is 17.0 Å². The van der Waals surface area contributed by atoms with Gasteiger partial charge in [0.2, 0.25) is 10.0 Å². The zero-order valence-electron chi connectivity index (χ0n) is 7.73. The molecule has 7 heteroatoms. The standard InChI is InChI=1S/C8H8FNO4S/c1-14-7-5(4-11)2-3-6(9)8(7)15(10,12)13/h2-4H,1H3,(H2,10,12,13). The van der Waals surface area contributed by atoms with Gasteiger partial charge in [-0.05, 0) is 12.1 Å². The number of rotatable bonds is 3. The number of halogens is 1. The molecule has 0 aromatic heterocycles. The minimum absolute atomic E-state index is 0.0806. The summed E-state index contributed by atoms with van der Waals surface area (Å²) in [4.78, 5) is 9.73. The lowest BCUT2D eigenvalue weighted by atomic mass is 10.2. The van der Waals surface area contributed by atoms with Gasteiger partial charge in [0.1, 0.15) is 5.82 Å². The molecule has 15 heavy (non-hydrogen) atoms. The Morgan fingerprint density at radius 2 is 2.07 bits per heavy atom. The molecule has 0 aliphatic carbocycles. The van der Waals surface area contributed by atoms with Crippen molar-refractivity contribution >= 4 is 16.3 Å². The molecule has 0 radical (unpaired) electrons. The average molecular weight is 233 g/mol. The van der Waals surface area contributed by atoms with Crippen LogP contribution in [0.4, 0.5) is 4.39 Å². The number of carbonyl (C=O) groups excluding carboxylic acids is 1. The van der Waals surface area contributed by atoms with Crippen molar-refractivity contribution < 1.29 is 22.3 Å². The van der Waals surface area contributed by atoms with E-state index in [2.05, 4.69) is 4.74 Å². The van der Waals surface area contributed by atoms with E-state index in [1.165, 1.54) is 0 Å². The van der Waals surface area contributed by atoms with Gasteiger partial charge < -0.3 is 4.74 Å². The first-order valence-electron chi connectivity index (χ1n) is 3.76. The molecule has 0 fully saturated rings. The predicted octanol–water partition coefficient (Wildman–Crippen LogP) is 0.294. The van der Waals surface area contributed by atoms with Crippen molar-refractivity contribution in [3.05, 3.63) is 23.5 Å². The monoisotopic (exact) mass is 233 g/mol. The molecule has 1 rings (SSSR count). The molecule has 0 aliphatic heterocycles. The van der Waals surface area contributed by atoms with Crippen LogP contribution in [-0.2, 0) is 10.0 Å². The van der Waals surface area contributed by atoms with Crippen molar-refractivity contribution in [3.63, 3.8) is 0 Å². The lowest BCUT2D eigenvalue weighted by Gasteiger charge is -2.09. The van der Waals surface area contributed by atoms with Crippen LogP contribution in [0.1, 0.15) is 10.4 Å². The first-order valence-corrected chi connectivity index (χ1v) is 5.31. The van der Waals surface area contributed by atoms with Crippen LogP contribution < -0.4 is 9.88 Å². The van der Waals surface area contributed by atoms with Crippen molar-refractivity contribution in [2.24, 2.45) is 5.14 Å². The predicted molar refractivity (Wildman–Crippen MR) is 49.7 cm³/mol. The molecule has 82 valence electrons. The molecular weight excluding hydrogens is 225 g/mol. The Bertz CT molecular complexity index is 498. The Kier molecular flexibility index (Phi) is 3.06. The molecule has 0 saturated carbocycles. The largest absolute Gasteiger partial charge is 0.494 e. The fourth-order valence-corrected chi connectivity index (χ4v) is 1.92. The minimum Gasteiger partial charge on any atom is -0.494 e. The maximum Gasteiger partial charge on any atom is 0.244 e. The van der Waals surface area contributed by atoms with Gasteiger partial charge >= 0.3 is 0 Å². The van der Waals surface area contributed by atoms with Gasteiger partial charge in [-0.3, -0.25) is 4.79 Å². The molecule has 0 amide bonds. The van der Waals surface area contributed by atoms with E-state index < -0.39 is 20.7 Å². The van der Waals surface area contributed by atoms with Gasteiger partial charge in [0.15, 0.2) is 16.9 Å². The molecule has 0 spiro atoms. The normalized spacial score (nSPS) is 11.1. The Morgan fingerprint density at radius 3 is 2.47 bits per heavy atom. The summed E-state index contributed by atoms with van der Waals surface area (Å²) < 4.78 is 39.9. The quantitative estimate of drug-likeness (QED) is 0.760. The average Bonchev–Trinajstić information content (AvgIpc) is 2.15. The minimum atomic E-state index is -4.27. The zero-order chi connectivity index (χ0) is 11.6. The number of hydrogen-bond acceptors (Lipinski definition) is 4. The van der Waals surface area contributed by atoms with Crippen LogP contribution in [0.25, 0.3) is 0 Å². The van der Waals surface area contributed by atoms with Crippen LogP contribution in [0.5, 0.6) is 5.75 Å². The Labute approximate surface area is 85.7 Å². The lowest BCUT2D eigenvalue weighted by Crippen LogP contribution is -2.16. The van der Waals surface area contributed by atoms with E-state index >= 15 is 0 Å². The van der Waals surface area contributed by atoms with E-state index in [9.17, 15) is 17.6 Å². The number of hydrogen-bond donors (Lipinski definition) is 1. The van der Waals surface area contributed by atoms with E-state index in [-0.39, 0.29) is 11.3 Å². The summed E-state index contributed by atoms with van der Waals surface area (Å²) in [5, 5.41) is 4.79. The number of primary sulfonamides is 1. The Hall–Kier alpha value is -1.47. The molecule has 0 aliphatic rings. The topological polar surface area (TPSA) is 86.5 Å². The molecule has 0 bridgehead atoms. The van der Waals surface area contributed by atoms with Crippen LogP contribution in [0.2, 0.25) is 0 Å². The molecule has 0 saturated heterocycles. The summed E-state index contributed by atoms with van der Waals surface area (Å²) in [5.41, 5.74) is -0.0806. The van der Waals surface area contributed by atoms with Crippen molar-refractivity contribution in [1.29, 1.82) is 0 Å². The number of nitrogens with two attached hydrogens (primary N) is 1. The van der Waals surface area contributed by atoms with Gasteiger partial charge in [-0.15, -0.1) is 0 Å². The smallest absolute Gasteiger partial charge is 0.244 e. The molecule has 5 nitrogen and oxygen atoms in total. The van der Waals surface area contributed by atoms with Crippen LogP contribution in [-0.4, -0.2) is 21.8 Å². The SMILES string of the molecule is COc1c(C=O)ccc(F)c1S(N)(=O)=O. The van der Waals surface area contributed by atoms with E-state index in [1.54, 1.807) is 0 Å². The summed E-state index contributed by atoms with van der Waals surface area (Å²) in [6.07, 6.45) is 0.354. The summed E-state index contributed by atoms with van der Waals surface area (Å²) in [5.74, 6) is -1.44. The third kappa shape index (κ3) is 2.13. The van der Waals surface area contributed by atoms with E-state index in [1.807, 2.05) is 0 Å². The molecular formula is C8H8FNO4S. The maximum absolute atomic E-state index is 13.2. The summed E-state index contributed by atoms with van der Waals surface area (Å²) in [6.45, 7) is 0. The van der Waals surface area contributed by atoms with Crippen LogP contribution in [0.3, 0.4) is 0 Å². The van der Waals surface area contributed by atoms with Crippen LogP contribution in [0, 0.1) is 5.82 Å². The second kappa shape index (κ2) is 3.95. The molecule has 1 aromatic rings.